The lowest BCUT2D eigenvalue weighted by Gasteiger charge is -2.30. The molecule has 0 fully saturated rings. The molecular formula is C22H21FN4O2S. The summed E-state index contributed by atoms with van der Waals surface area (Å²) in [5, 5.41) is 0. The summed E-state index contributed by atoms with van der Waals surface area (Å²) >= 11 is 1.43. The van der Waals surface area contributed by atoms with E-state index in [4.69, 9.17) is 5.73 Å². The van der Waals surface area contributed by atoms with E-state index in [1.807, 2.05) is 13.0 Å². The Morgan fingerprint density at radius 1 is 1.37 bits per heavy atom. The zero-order valence-corrected chi connectivity index (χ0v) is 17.4. The van der Waals surface area contributed by atoms with E-state index >= 15 is 0 Å². The van der Waals surface area contributed by atoms with Crippen LogP contribution in [-0.4, -0.2) is 40.3 Å². The average molecular weight is 425 g/mol. The number of hydrogen-bond donors (Lipinski definition) is 1. The standard InChI is InChI=1S/C22H21FN4O2S/c1-3-17(28)18-11-15(12-30-18)22(20(29)27(2)21(24)26-22)14-7-4-6-13(10-14)16-8-5-9-25-19(16)23/h4-11,15H,3,12H2,1-2H3,(H2,24,26)/t15?,22-/m0/s1. The number of guanidine groups is 1. The van der Waals surface area contributed by atoms with E-state index in [9.17, 15) is 14.0 Å². The number of likely N-dealkylation sites (N-methyl/N-ethyl adjacent to an activating group) is 1. The first-order valence-electron chi connectivity index (χ1n) is 9.61. The van der Waals surface area contributed by atoms with Crippen molar-refractivity contribution in [3.8, 4) is 11.1 Å². The highest BCUT2D eigenvalue weighted by molar-refractivity contribution is 8.04. The third-order valence-corrected chi connectivity index (χ3v) is 6.74. The fraction of sp³-hybridized carbons (Fsp3) is 0.273. The van der Waals surface area contributed by atoms with Crippen molar-refractivity contribution in [3.63, 3.8) is 0 Å². The van der Waals surface area contributed by atoms with Crippen LogP contribution in [0.4, 0.5) is 4.39 Å². The second-order valence-corrected chi connectivity index (χ2v) is 8.31. The number of halogens is 1. The van der Waals surface area contributed by atoms with Crippen LogP contribution in [0.1, 0.15) is 18.9 Å². The molecule has 8 heteroatoms. The van der Waals surface area contributed by atoms with Gasteiger partial charge in [-0.1, -0.05) is 31.2 Å². The summed E-state index contributed by atoms with van der Waals surface area (Å²) < 4.78 is 14.3. The van der Waals surface area contributed by atoms with Crippen LogP contribution >= 0.6 is 11.8 Å². The third kappa shape index (κ3) is 3.11. The largest absolute Gasteiger partial charge is 0.369 e. The molecule has 2 aromatic rings. The highest BCUT2D eigenvalue weighted by Gasteiger charge is 2.54. The van der Waals surface area contributed by atoms with Crippen molar-refractivity contribution in [2.45, 2.75) is 18.9 Å². The topological polar surface area (TPSA) is 88.7 Å². The number of carbonyl (C=O) groups is 2. The number of hydrogen-bond acceptors (Lipinski definition) is 6. The van der Waals surface area contributed by atoms with Gasteiger partial charge in [0, 0.05) is 41.8 Å². The van der Waals surface area contributed by atoms with Gasteiger partial charge < -0.3 is 5.73 Å². The molecule has 1 aromatic heterocycles. The number of Topliss-reactive ketones (excluding diaryl/α,β-unsaturated/α-hetero) is 1. The maximum atomic E-state index is 14.3. The number of nitrogens with zero attached hydrogens (tertiary/aromatic N) is 3. The van der Waals surface area contributed by atoms with Crippen molar-refractivity contribution >= 4 is 29.4 Å². The number of nitrogens with two attached hydrogens (primary N) is 1. The molecule has 1 amide bonds. The summed E-state index contributed by atoms with van der Waals surface area (Å²) in [6.07, 6.45) is 3.62. The highest BCUT2D eigenvalue weighted by Crippen LogP contribution is 2.47. The molecule has 30 heavy (non-hydrogen) atoms. The van der Waals surface area contributed by atoms with E-state index in [1.165, 1.54) is 22.9 Å². The lowest BCUT2D eigenvalue weighted by atomic mass is 9.77. The highest BCUT2D eigenvalue weighted by atomic mass is 32.2. The lowest BCUT2D eigenvalue weighted by Crippen LogP contribution is -2.44. The predicted molar refractivity (Wildman–Crippen MR) is 115 cm³/mol. The summed E-state index contributed by atoms with van der Waals surface area (Å²) in [7, 11) is 1.58. The van der Waals surface area contributed by atoms with Crippen LogP contribution in [0, 0.1) is 11.9 Å². The number of aliphatic imine (C=N–C) groups is 1. The van der Waals surface area contributed by atoms with Crippen LogP contribution in [-0.2, 0) is 15.1 Å². The Morgan fingerprint density at radius 2 is 2.17 bits per heavy atom. The van der Waals surface area contributed by atoms with E-state index in [0.717, 1.165) is 0 Å². The molecule has 1 aromatic carbocycles. The Kier molecular flexibility index (Phi) is 5.19. The minimum Gasteiger partial charge on any atom is -0.369 e. The van der Waals surface area contributed by atoms with Gasteiger partial charge in [-0.15, -0.1) is 11.8 Å². The quantitative estimate of drug-likeness (QED) is 0.745. The van der Waals surface area contributed by atoms with Crippen LogP contribution in [0.2, 0.25) is 0 Å². The molecule has 0 saturated heterocycles. The number of ketones is 1. The van der Waals surface area contributed by atoms with Crippen molar-refractivity contribution in [3.05, 3.63) is 65.1 Å². The van der Waals surface area contributed by atoms with Gasteiger partial charge in [0.25, 0.3) is 5.91 Å². The van der Waals surface area contributed by atoms with Crippen LogP contribution in [0.25, 0.3) is 11.1 Å². The normalized spacial score (nSPS) is 23.5. The van der Waals surface area contributed by atoms with E-state index in [1.54, 1.807) is 43.4 Å². The first kappa shape index (κ1) is 20.3. The fourth-order valence-corrected chi connectivity index (χ4v) is 5.14. The molecule has 3 heterocycles. The van der Waals surface area contributed by atoms with E-state index in [0.29, 0.717) is 33.8 Å². The second kappa shape index (κ2) is 7.68. The Hall–Kier alpha value is -3.00. The number of allylic oxidation sites excluding steroid dienone is 1. The maximum Gasteiger partial charge on any atom is 0.262 e. The monoisotopic (exact) mass is 424 g/mol. The maximum absolute atomic E-state index is 14.3. The third-order valence-electron chi connectivity index (χ3n) is 5.54. The van der Waals surface area contributed by atoms with Crippen molar-refractivity contribution in [1.29, 1.82) is 0 Å². The predicted octanol–water partition coefficient (Wildman–Crippen LogP) is 3.10. The fourth-order valence-electron chi connectivity index (χ4n) is 3.88. The van der Waals surface area contributed by atoms with Crippen LogP contribution in [0.15, 0.2) is 58.6 Å². The molecule has 2 N–H and O–H groups in total. The average Bonchev–Trinajstić information content (AvgIpc) is 3.34. The zero-order chi connectivity index (χ0) is 21.5. The van der Waals surface area contributed by atoms with Crippen LogP contribution in [0.5, 0.6) is 0 Å². The number of carbonyl (C=O) groups excluding carboxylic acids is 2. The van der Waals surface area contributed by atoms with Gasteiger partial charge in [-0.3, -0.25) is 14.5 Å². The molecule has 0 spiro atoms. The molecule has 0 radical (unpaired) electrons. The van der Waals surface area contributed by atoms with Crippen molar-refractivity contribution < 1.29 is 14.0 Å². The summed E-state index contributed by atoms with van der Waals surface area (Å²) in [5.74, 6) is -0.517. The van der Waals surface area contributed by atoms with Gasteiger partial charge in [0.15, 0.2) is 17.3 Å². The summed E-state index contributed by atoms with van der Waals surface area (Å²) in [5.41, 5.74) is 6.27. The molecular weight excluding hydrogens is 403 g/mol. The number of thioether (sulfide) groups is 1. The van der Waals surface area contributed by atoms with Gasteiger partial charge in [0.05, 0.1) is 0 Å². The van der Waals surface area contributed by atoms with Gasteiger partial charge in [0.2, 0.25) is 5.95 Å². The summed E-state index contributed by atoms with van der Waals surface area (Å²) in [4.78, 5) is 35.9. The Labute approximate surface area is 178 Å². The molecule has 4 rings (SSSR count). The molecule has 1 unspecified atom stereocenters. The summed E-state index contributed by atoms with van der Waals surface area (Å²) in [6.45, 7) is 1.81. The molecule has 2 aliphatic rings. The van der Waals surface area contributed by atoms with Crippen molar-refractivity contribution in [2.75, 3.05) is 12.8 Å². The van der Waals surface area contributed by atoms with Crippen LogP contribution < -0.4 is 5.73 Å². The minimum absolute atomic E-state index is 0.0413. The molecule has 154 valence electrons. The molecule has 2 aliphatic heterocycles. The first-order chi connectivity index (χ1) is 14.4. The number of aromatic nitrogens is 1. The minimum atomic E-state index is -1.30. The van der Waals surface area contributed by atoms with Gasteiger partial charge in [-0.05, 0) is 29.3 Å². The Morgan fingerprint density at radius 3 is 2.83 bits per heavy atom. The summed E-state index contributed by atoms with van der Waals surface area (Å²) in [6, 6.07) is 10.4. The number of rotatable bonds is 5. The lowest BCUT2D eigenvalue weighted by molar-refractivity contribution is -0.131. The van der Waals surface area contributed by atoms with Crippen molar-refractivity contribution in [2.24, 2.45) is 16.6 Å². The molecule has 6 nitrogen and oxygen atoms in total. The molecule has 2 atom stereocenters. The van der Waals surface area contributed by atoms with E-state index < -0.39 is 11.5 Å². The first-order valence-corrected chi connectivity index (χ1v) is 10.6. The Bertz CT molecular complexity index is 1100. The SMILES string of the molecule is CCC(=O)C1=CC([C@]2(c3cccc(-c4cccnc4F)c3)N=C(N)N(C)C2=O)CS1. The van der Waals surface area contributed by atoms with E-state index in [-0.39, 0.29) is 23.6 Å². The van der Waals surface area contributed by atoms with Gasteiger partial charge in [0.1, 0.15) is 0 Å². The van der Waals surface area contributed by atoms with E-state index in [2.05, 4.69) is 9.98 Å². The Balaban J connectivity index is 1.87. The van der Waals surface area contributed by atoms with Gasteiger partial charge >= 0.3 is 0 Å². The molecule has 0 saturated carbocycles. The number of pyridine rings is 1. The zero-order valence-electron chi connectivity index (χ0n) is 16.6. The molecule has 0 bridgehead atoms. The number of benzene rings is 1. The smallest absolute Gasteiger partial charge is 0.262 e. The second-order valence-electron chi connectivity index (χ2n) is 7.25. The molecule has 0 aliphatic carbocycles. The van der Waals surface area contributed by atoms with Gasteiger partial charge in [-0.2, -0.15) is 4.39 Å². The van der Waals surface area contributed by atoms with Gasteiger partial charge in [-0.25, -0.2) is 9.98 Å². The van der Waals surface area contributed by atoms with Crippen LogP contribution in [0.3, 0.4) is 0 Å². The number of amides is 1. The van der Waals surface area contributed by atoms with Crippen molar-refractivity contribution in [1.82, 2.24) is 9.88 Å².